The fourth-order valence-corrected chi connectivity index (χ4v) is 12.2. The van der Waals surface area contributed by atoms with Crippen LogP contribution in [0.3, 0.4) is 0 Å². The number of hydrogen-bond donors (Lipinski definition) is 1. The molecule has 2 fully saturated rings. The van der Waals surface area contributed by atoms with Crippen molar-refractivity contribution in [2.75, 3.05) is 0 Å². The van der Waals surface area contributed by atoms with Gasteiger partial charge in [0.25, 0.3) is 0 Å². The molecule has 0 aliphatic heterocycles. The Morgan fingerprint density at radius 1 is 0.531 bits per heavy atom. The summed E-state index contributed by atoms with van der Waals surface area (Å²) in [5.41, 5.74) is 17.1. The largest absolute Gasteiger partial charge is 0.507 e. The Labute approximate surface area is 498 Å². The first kappa shape index (κ1) is 48.9. The van der Waals surface area contributed by atoms with Crippen LogP contribution in [0.2, 0.25) is 0 Å². The van der Waals surface area contributed by atoms with Gasteiger partial charge < -0.3 is 5.11 Å². The minimum absolute atomic E-state index is 0. The van der Waals surface area contributed by atoms with Gasteiger partial charge in [0.2, 0.25) is 0 Å². The van der Waals surface area contributed by atoms with E-state index in [1.807, 2.05) is 103 Å². The zero-order chi connectivity index (χ0) is 57.8. The smallest absolute Gasteiger partial charge is 0.148 e. The predicted molar refractivity (Wildman–Crippen MR) is 332 cm³/mol. The second kappa shape index (κ2) is 23.3. The molecule has 5 heteroatoms. The SMILES string of the molecule is [2H]C1(c2ccccc2)CCC([2H])(c2ccc(-c3ccnc(-c4[c-]c(-c5cccc6c5nc(-c5cc(-c7ccccc7)cc(-c7ccccc7)c5O)n6-c5ccc(C([2H])([2H])C6CCCC6)cc5-c5ccccc5)cc(C(C)(C)C)c4)c3)cc2)CC1.[Pt]. The zero-order valence-corrected chi connectivity index (χ0v) is 48.5. The summed E-state index contributed by atoms with van der Waals surface area (Å²) in [5.74, 6) is -0.848. The number of fused-ring (bicyclic) bond motifs is 1. The number of nitrogens with zero attached hydrogens (tertiary/aromatic N) is 3. The van der Waals surface area contributed by atoms with Crippen LogP contribution in [0.15, 0.2) is 225 Å². The summed E-state index contributed by atoms with van der Waals surface area (Å²) < 4.78 is 40.3. The molecular formula is C76H68N3OPt-. The van der Waals surface area contributed by atoms with Crippen molar-refractivity contribution in [1.29, 1.82) is 0 Å². The number of pyridine rings is 1. The van der Waals surface area contributed by atoms with E-state index >= 15 is 0 Å². The van der Waals surface area contributed by atoms with E-state index in [9.17, 15) is 10.6 Å². The predicted octanol–water partition coefficient (Wildman–Crippen LogP) is 20.1. The number of para-hydroxylation sites is 1. The van der Waals surface area contributed by atoms with Crippen LogP contribution in [-0.4, -0.2) is 19.6 Å². The summed E-state index contributed by atoms with van der Waals surface area (Å²) in [6.07, 6.45) is 6.66. The normalized spacial score (nSPS) is 18.4. The molecule has 0 atom stereocenters. The quantitative estimate of drug-likeness (QED) is 0.124. The Balaban J connectivity index is 0.00000709. The number of phenolic OH excluding ortho intramolecular Hbond substituents is 1. The van der Waals surface area contributed by atoms with Gasteiger partial charge in [-0.1, -0.05) is 227 Å². The van der Waals surface area contributed by atoms with Gasteiger partial charge in [-0.3, -0.25) is 9.55 Å². The molecule has 0 saturated heterocycles. The van der Waals surface area contributed by atoms with Gasteiger partial charge in [0.15, 0.2) is 0 Å². The van der Waals surface area contributed by atoms with Crippen molar-refractivity contribution in [2.45, 2.75) is 95.7 Å². The molecule has 2 saturated carbocycles. The molecule has 1 N–H and O–H groups in total. The second-order valence-electron chi connectivity index (χ2n) is 22.8. The maximum atomic E-state index is 12.9. The summed E-state index contributed by atoms with van der Waals surface area (Å²) in [4.78, 5) is 10.7. The van der Waals surface area contributed by atoms with Gasteiger partial charge in [0, 0.05) is 49.6 Å². The van der Waals surface area contributed by atoms with Crippen LogP contribution in [0.5, 0.6) is 5.75 Å². The summed E-state index contributed by atoms with van der Waals surface area (Å²) in [6, 6.07) is 78.0. The van der Waals surface area contributed by atoms with Crippen molar-refractivity contribution in [2.24, 2.45) is 5.92 Å². The number of aromatic hydroxyl groups is 1. The van der Waals surface area contributed by atoms with Gasteiger partial charge in [-0.25, -0.2) is 4.98 Å². The van der Waals surface area contributed by atoms with E-state index in [0.29, 0.717) is 48.2 Å². The third-order valence-electron chi connectivity index (χ3n) is 16.6. The van der Waals surface area contributed by atoms with Gasteiger partial charge in [-0.15, -0.1) is 29.3 Å². The molecule has 13 rings (SSSR count). The standard InChI is InChI=1S/C76H68N3O.Pt/c1-76(2,3)65-46-63(45-64(47-65)70-50-61(41-42-77-70)58-38-36-57(37-39-58)56-34-32-55(33-35-56)53-21-8-4-9-22-53)66-29-18-30-72-73(66)78-75(69-49-62(54-23-10-5-11-24-54)48-68(74(69)80)60-27-14-7-15-28-60)79(72)71-40-31-52(43-51-19-16-17-20-51)44-67(71)59-25-12-6-13-26-59;/h4-15,18,21-31,36-42,44,46-51,55-56,80H,16-17,19-20,32-35,43H2,1-3H3;/q-1;/i43D2,55D,56D;. The average molecular weight is 1240 g/mol. The number of rotatable bonds is 12. The van der Waals surface area contributed by atoms with Crippen LogP contribution in [-0.2, 0) is 32.9 Å². The van der Waals surface area contributed by atoms with Gasteiger partial charge in [0.1, 0.15) is 11.6 Å². The molecular weight excluding hydrogens is 1170 g/mol. The number of phenols is 1. The van der Waals surface area contributed by atoms with E-state index < -0.39 is 18.2 Å². The monoisotopic (exact) mass is 1240 g/mol. The first-order valence-electron chi connectivity index (χ1n) is 30.5. The molecule has 404 valence electrons. The van der Waals surface area contributed by atoms with E-state index in [2.05, 4.69) is 153 Å². The fraction of sp³-hybridized carbons (Fsp3) is 0.211. The number of aromatic nitrogens is 3. The Morgan fingerprint density at radius 3 is 1.77 bits per heavy atom. The third kappa shape index (κ3) is 11.2. The van der Waals surface area contributed by atoms with E-state index in [1.54, 1.807) is 0 Å². The summed E-state index contributed by atoms with van der Waals surface area (Å²) in [5, 5.41) is 12.9. The fourth-order valence-electron chi connectivity index (χ4n) is 12.2. The maximum absolute atomic E-state index is 12.9. The molecule has 0 unspecified atom stereocenters. The summed E-state index contributed by atoms with van der Waals surface area (Å²) >= 11 is 0. The Bertz CT molecular complexity index is 4190. The van der Waals surface area contributed by atoms with E-state index in [0.717, 1.165) is 120 Å². The Morgan fingerprint density at radius 2 is 1.11 bits per heavy atom. The van der Waals surface area contributed by atoms with Crippen molar-refractivity contribution in [3.63, 3.8) is 0 Å². The molecule has 2 aliphatic carbocycles. The zero-order valence-electron chi connectivity index (χ0n) is 50.2. The van der Waals surface area contributed by atoms with E-state index in [-0.39, 0.29) is 38.1 Å². The number of imidazole rings is 1. The average Bonchev–Trinajstić information content (AvgIpc) is 2.40. The van der Waals surface area contributed by atoms with Crippen LogP contribution >= 0.6 is 0 Å². The minimum atomic E-state index is -1.54. The Kier molecular flexibility index (Phi) is 14.1. The molecule has 0 radical (unpaired) electrons. The van der Waals surface area contributed by atoms with Crippen LogP contribution in [0.1, 0.15) is 112 Å². The topological polar surface area (TPSA) is 50.9 Å². The molecule has 2 aromatic heterocycles. The number of hydrogen-bond acceptors (Lipinski definition) is 3. The molecule has 9 aromatic carbocycles. The van der Waals surface area contributed by atoms with Crippen molar-refractivity contribution in [3.05, 3.63) is 253 Å². The molecule has 0 amide bonds. The molecule has 0 spiro atoms. The molecule has 0 bridgehead atoms. The molecule has 81 heavy (non-hydrogen) atoms. The van der Waals surface area contributed by atoms with Crippen molar-refractivity contribution in [3.8, 4) is 89.7 Å². The number of benzene rings is 9. The second-order valence-corrected chi connectivity index (χ2v) is 22.8. The van der Waals surface area contributed by atoms with Crippen LogP contribution < -0.4 is 0 Å². The molecule has 2 heterocycles. The molecule has 4 nitrogen and oxygen atoms in total. The molecule has 2 aliphatic rings. The third-order valence-corrected chi connectivity index (χ3v) is 16.6. The van der Waals surface area contributed by atoms with Gasteiger partial charge in [0.05, 0.1) is 22.3 Å². The summed E-state index contributed by atoms with van der Waals surface area (Å²) in [6.45, 7) is 6.67. The van der Waals surface area contributed by atoms with E-state index in [4.69, 9.17) is 9.97 Å². The summed E-state index contributed by atoms with van der Waals surface area (Å²) in [7, 11) is 0. The first-order valence-corrected chi connectivity index (χ1v) is 28.5. The van der Waals surface area contributed by atoms with Crippen LogP contribution in [0.25, 0.3) is 95.0 Å². The van der Waals surface area contributed by atoms with Gasteiger partial charge in [-0.05, 0) is 142 Å². The minimum Gasteiger partial charge on any atom is -0.507 e. The van der Waals surface area contributed by atoms with Gasteiger partial charge >= 0.3 is 0 Å². The van der Waals surface area contributed by atoms with E-state index in [1.165, 1.54) is 0 Å². The van der Waals surface area contributed by atoms with Crippen molar-refractivity contribution in [1.82, 2.24) is 14.5 Å². The van der Waals surface area contributed by atoms with Gasteiger partial charge in [-0.2, -0.15) is 0 Å². The van der Waals surface area contributed by atoms with Crippen LogP contribution in [0, 0.1) is 12.0 Å². The van der Waals surface area contributed by atoms with Crippen molar-refractivity contribution < 1.29 is 31.7 Å². The molecule has 11 aromatic rings. The Hall–Kier alpha value is -7.91. The maximum Gasteiger partial charge on any atom is 0.148 e. The first-order chi connectivity index (χ1) is 40.6. The van der Waals surface area contributed by atoms with Crippen molar-refractivity contribution >= 4 is 11.0 Å². The van der Waals surface area contributed by atoms with Crippen LogP contribution in [0.4, 0.5) is 0 Å².